The molecule has 0 fully saturated rings. The van der Waals surface area contributed by atoms with Crippen LogP contribution in [0.2, 0.25) is 0 Å². The van der Waals surface area contributed by atoms with Gasteiger partial charge in [0.15, 0.2) is 5.13 Å². The predicted molar refractivity (Wildman–Crippen MR) is 109 cm³/mol. The highest BCUT2D eigenvalue weighted by atomic mass is 32.2. The normalized spacial score (nSPS) is 10.6. The van der Waals surface area contributed by atoms with Crippen molar-refractivity contribution in [1.82, 2.24) is 4.98 Å². The lowest BCUT2D eigenvalue weighted by Gasteiger charge is -2.03. The summed E-state index contributed by atoms with van der Waals surface area (Å²) in [7, 11) is 1.63. The second kappa shape index (κ2) is 9.01. The Hall–Kier alpha value is -2.38. The molecule has 1 aromatic heterocycles. The molecule has 7 heteroatoms. The number of nitrogens with zero attached hydrogens (tertiary/aromatic N) is 1. The quantitative estimate of drug-likeness (QED) is 0.539. The fourth-order valence-corrected chi connectivity index (χ4v) is 4.14. The van der Waals surface area contributed by atoms with E-state index >= 15 is 0 Å². The Morgan fingerprint density at radius 1 is 1.19 bits per heavy atom. The zero-order chi connectivity index (χ0) is 19.2. The molecule has 0 aliphatic carbocycles. The summed E-state index contributed by atoms with van der Waals surface area (Å²) in [5, 5.41) is 3.45. The van der Waals surface area contributed by atoms with Crippen LogP contribution < -0.4 is 10.1 Å². The average Bonchev–Trinajstić information content (AvgIpc) is 3.03. The molecule has 1 heterocycles. The molecular weight excluding hydrogens is 383 g/mol. The molecule has 0 aliphatic heterocycles. The molecule has 0 aliphatic rings. The first-order valence-electron chi connectivity index (χ1n) is 8.35. The zero-order valence-corrected chi connectivity index (χ0v) is 16.6. The third-order valence-electron chi connectivity index (χ3n) is 3.82. The number of anilines is 1. The second-order valence-electron chi connectivity index (χ2n) is 5.75. The van der Waals surface area contributed by atoms with E-state index in [1.54, 1.807) is 19.2 Å². The topological polar surface area (TPSA) is 51.2 Å². The van der Waals surface area contributed by atoms with Gasteiger partial charge in [0.25, 0.3) is 0 Å². The van der Waals surface area contributed by atoms with Crippen molar-refractivity contribution in [2.45, 2.75) is 18.2 Å². The Balaban J connectivity index is 1.55. The van der Waals surface area contributed by atoms with Gasteiger partial charge >= 0.3 is 0 Å². The van der Waals surface area contributed by atoms with Gasteiger partial charge in [-0.1, -0.05) is 0 Å². The molecule has 3 rings (SSSR count). The van der Waals surface area contributed by atoms with E-state index in [1.807, 2.05) is 31.2 Å². The molecule has 0 atom stereocenters. The van der Waals surface area contributed by atoms with Gasteiger partial charge in [-0.2, -0.15) is 0 Å². The van der Waals surface area contributed by atoms with Crippen LogP contribution in [0.3, 0.4) is 0 Å². The Kier molecular flexibility index (Phi) is 6.47. The number of amides is 1. The minimum atomic E-state index is -0.260. The molecule has 4 nitrogen and oxygen atoms in total. The van der Waals surface area contributed by atoms with Crippen LogP contribution in [0.4, 0.5) is 9.52 Å². The van der Waals surface area contributed by atoms with Crippen molar-refractivity contribution in [1.29, 1.82) is 0 Å². The maximum Gasteiger partial charge on any atom is 0.226 e. The molecule has 0 unspecified atom stereocenters. The van der Waals surface area contributed by atoms with E-state index in [9.17, 15) is 9.18 Å². The molecule has 140 valence electrons. The van der Waals surface area contributed by atoms with Crippen LogP contribution in [-0.2, 0) is 4.79 Å². The van der Waals surface area contributed by atoms with Crippen LogP contribution in [0.1, 0.15) is 11.3 Å². The summed E-state index contributed by atoms with van der Waals surface area (Å²) in [6.45, 7) is 1.98. The standard InChI is InChI=1S/C20H19FN2O2S2/c1-13-19(14-3-7-16(25-2)8-4-14)23-20(27-13)22-18(24)11-12-26-17-9-5-15(21)6-10-17/h3-10H,11-12H2,1-2H3,(H,22,23,24). The van der Waals surface area contributed by atoms with Crippen LogP contribution in [0.5, 0.6) is 5.75 Å². The fourth-order valence-electron chi connectivity index (χ4n) is 2.44. The Bertz CT molecular complexity index is 909. The van der Waals surface area contributed by atoms with Crippen molar-refractivity contribution >= 4 is 34.1 Å². The first-order valence-corrected chi connectivity index (χ1v) is 10.2. The first kappa shape index (κ1) is 19.4. The van der Waals surface area contributed by atoms with E-state index in [-0.39, 0.29) is 11.7 Å². The molecule has 0 saturated carbocycles. The number of aromatic nitrogens is 1. The monoisotopic (exact) mass is 402 g/mol. The van der Waals surface area contributed by atoms with Crippen LogP contribution in [0, 0.1) is 12.7 Å². The van der Waals surface area contributed by atoms with Crippen LogP contribution >= 0.6 is 23.1 Å². The third-order valence-corrected chi connectivity index (χ3v) is 5.72. The molecule has 3 aromatic rings. The van der Waals surface area contributed by atoms with Crippen molar-refractivity contribution < 1.29 is 13.9 Å². The summed E-state index contributed by atoms with van der Waals surface area (Å²) >= 11 is 2.98. The van der Waals surface area contributed by atoms with Crippen molar-refractivity contribution in [3.8, 4) is 17.0 Å². The lowest BCUT2D eigenvalue weighted by Crippen LogP contribution is -2.11. The Morgan fingerprint density at radius 3 is 2.56 bits per heavy atom. The number of aryl methyl sites for hydroxylation is 1. The predicted octanol–water partition coefficient (Wildman–Crippen LogP) is 5.39. The molecule has 0 spiro atoms. The molecule has 0 radical (unpaired) electrons. The summed E-state index contributed by atoms with van der Waals surface area (Å²) in [6, 6.07) is 13.9. The number of thioether (sulfide) groups is 1. The van der Waals surface area contributed by atoms with Crippen LogP contribution in [0.15, 0.2) is 53.4 Å². The molecule has 27 heavy (non-hydrogen) atoms. The van der Waals surface area contributed by atoms with Gasteiger partial charge in [-0.15, -0.1) is 23.1 Å². The Morgan fingerprint density at radius 2 is 1.89 bits per heavy atom. The minimum absolute atomic E-state index is 0.0837. The van der Waals surface area contributed by atoms with E-state index in [4.69, 9.17) is 4.74 Å². The summed E-state index contributed by atoms with van der Waals surface area (Å²) in [6.07, 6.45) is 0.360. The van der Waals surface area contributed by atoms with Crippen molar-refractivity contribution in [2.75, 3.05) is 18.2 Å². The SMILES string of the molecule is COc1ccc(-c2nc(NC(=O)CCSc3ccc(F)cc3)sc2C)cc1. The molecule has 0 saturated heterocycles. The van der Waals surface area contributed by atoms with Gasteiger partial charge in [0.05, 0.1) is 12.8 Å². The van der Waals surface area contributed by atoms with Gasteiger partial charge in [0, 0.05) is 27.5 Å². The molecule has 2 aromatic carbocycles. The average molecular weight is 403 g/mol. The number of methoxy groups -OCH3 is 1. The lowest BCUT2D eigenvalue weighted by atomic mass is 10.1. The molecular formula is C20H19FN2O2S2. The van der Waals surface area contributed by atoms with Gasteiger partial charge < -0.3 is 10.1 Å². The van der Waals surface area contributed by atoms with Gasteiger partial charge in [0.1, 0.15) is 11.6 Å². The van der Waals surface area contributed by atoms with Gasteiger partial charge in [-0.3, -0.25) is 4.79 Å². The molecule has 0 bridgehead atoms. The molecule has 1 amide bonds. The van der Waals surface area contributed by atoms with Crippen molar-refractivity contribution in [2.24, 2.45) is 0 Å². The number of hydrogen-bond donors (Lipinski definition) is 1. The van der Waals surface area contributed by atoms with E-state index in [0.29, 0.717) is 17.3 Å². The first-order chi connectivity index (χ1) is 13.0. The maximum atomic E-state index is 12.9. The summed E-state index contributed by atoms with van der Waals surface area (Å²) in [5.41, 5.74) is 1.84. The van der Waals surface area contributed by atoms with Gasteiger partial charge in [-0.05, 0) is 55.5 Å². The smallest absolute Gasteiger partial charge is 0.226 e. The van der Waals surface area contributed by atoms with E-state index < -0.39 is 0 Å². The van der Waals surface area contributed by atoms with E-state index in [0.717, 1.165) is 26.8 Å². The van der Waals surface area contributed by atoms with E-state index in [1.165, 1.54) is 35.2 Å². The molecule has 1 N–H and O–H groups in total. The second-order valence-corrected chi connectivity index (χ2v) is 8.12. The van der Waals surface area contributed by atoms with Crippen molar-refractivity contribution in [3.05, 3.63) is 59.2 Å². The Labute approximate surface area is 165 Å². The zero-order valence-electron chi connectivity index (χ0n) is 15.0. The number of halogens is 1. The summed E-state index contributed by atoms with van der Waals surface area (Å²) in [5.74, 6) is 1.06. The number of carbonyl (C=O) groups is 1. The number of nitrogens with one attached hydrogen (secondary N) is 1. The number of benzene rings is 2. The van der Waals surface area contributed by atoms with Crippen LogP contribution in [-0.4, -0.2) is 23.8 Å². The maximum absolute atomic E-state index is 12.9. The van der Waals surface area contributed by atoms with Crippen LogP contribution in [0.25, 0.3) is 11.3 Å². The minimum Gasteiger partial charge on any atom is -0.497 e. The highest BCUT2D eigenvalue weighted by Gasteiger charge is 2.12. The largest absolute Gasteiger partial charge is 0.497 e. The highest BCUT2D eigenvalue weighted by Crippen LogP contribution is 2.31. The van der Waals surface area contributed by atoms with Crippen molar-refractivity contribution in [3.63, 3.8) is 0 Å². The lowest BCUT2D eigenvalue weighted by molar-refractivity contribution is -0.115. The highest BCUT2D eigenvalue weighted by molar-refractivity contribution is 7.99. The number of ether oxygens (including phenoxy) is 1. The number of hydrogen-bond acceptors (Lipinski definition) is 5. The summed E-state index contributed by atoms with van der Waals surface area (Å²) < 4.78 is 18.1. The van der Waals surface area contributed by atoms with Gasteiger partial charge in [0.2, 0.25) is 5.91 Å². The number of carbonyl (C=O) groups excluding carboxylic acids is 1. The summed E-state index contributed by atoms with van der Waals surface area (Å²) in [4.78, 5) is 18.7. The number of rotatable bonds is 7. The van der Waals surface area contributed by atoms with E-state index in [2.05, 4.69) is 10.3 Å². The third kappa shape index (κ3) is 5.30. The number of thiazole rings is 1. The fraction of sp³-hybridized carbons (Fsp3) is 0.200. The van der Waals surface area contributed by atoms with Gasteiger partial charge in [-0.25, -0.2) is 9.37 Å².